The summed E-state index contributed by atoms with van der Waals surface area (Å²) >= 11 is 0. The maximum Gasteiger partial charge on any atom is 0.160 e. The molecule has 0 atom stereocenters. The van der Waals surface area contributed by atoms with Crippen molar-refractivity contribution in [2.45, 2.75) is 0 Å². The number of hydrogen-bond acceptors (Lipinski definition) is 2. The van der Waals surface area contributed by atoms with Gasteiger partial charge in [-0.05, 0) is 81.4 Å². The molecule has 12 rings (SSSR count). The van der Waals surface area contributed by atoms with Crippen molar-refractivity contribution in [1.82, 2.24) is 14.5 Å². The van der Waals surface area contributed by atoms with Crippen molar-refractivity contribution in [3.8, 4) is 95.2 Å². The highest BCUT2D eigenvalue weighted by atomic mass is 15.0. The zero-order valence-electron chi connectivity index (χ0n) is 36.7. The number of rotatable bonds is 9. The molecule has 0 aliphatic carbocycles. The molecule has 3 heteroatoms. The summed E-state index contributed by atoms with van der Waals surface area (Å²) in [5.74, 6) is 0.682. The third-order valence-corrected chi connectivity index (χ3v) is 12.8. The summed E-state index contributed by atoms with van der Waals surface area (Å²) in [5.41, 5.74) is 19.5. The van der Waals surface area contributed by atoms with E-state index in [0.717, 1.165) is 78.2 Å². The van der Waals surface area contributed by atoms with Crippen LogP contribution in [0.3, 0.4) is 0 Å². The van der Waals surface area contributed by atoms with Crippen molar-refractivity contribution in [3.63, 3.8) is 0 Å². The lowest BCUT2D eigenvalue weighted by atomic mass is 9.91. The smallest absolute Gasteiger partial charge is 0.160 e. The van der Waals surface area contributed by atoms with E-state index in [1.54, 1.807) is 0 Å². The van der Waals surface area contributed by atoms with E-state index in [0.29, 0.717) is 5.82 Å². The van der Waals surface area contributed by atoms with Crippen molar-refractivity contribution in [3.05, 3.63) is 261 Å². The van der Waals surface area contributed by atoms with Gasteiger partial charge in [-0.15, -0.1) is 0 Å². The number of nitrogens with zero attached hydrogens (tertiary/aromatic N) is 3. The highest BCUT2D eigenvalue weighted by molar-refractivity contribution is 6.17. The van der Waals surface area contributed by atoms with Gasteiger partial charge < -0.3 is 4.57 Å². The number of aromatic nitrogens is 3. The van der Waals surface area contributed by atoms with Gasteiger partial charge in [0.2, 0.25) is 0 Å². The molecule has 0 spiro atoms. The van der Waals surface area contributed by atoms with Crippen LogP contribution in [0.4, 0.5) is 0 Å². The Morgan fingerprint density at radius 3 is 1.15 bits per heavy atom. The second-order valence-electron chi connectivity index (χ2n) is 16.9. The Morgan fingerprint density at radius 2 is 0.642 bits per heavy atom. The molecule has 0 fully saturated rings. The van der Waals surface area contributed by atoms with Crippen LogP contribution in [0, 0.1) is 0 Å². The van der Waals surface area contributed by atoms with Crippen LogP contribution < -0.4 is 0 Å². The first kappa shape index (κ1) is 39.7. The fourth-order valence-electron chi connectivity index (χ4n) is 9.59. The Labute approximate surface area is 390 Å². The van der Waals surface area contributed by atoms with Crippen LogP contribution in [0.1, 0.15) is 0 Å². The average Bonchev–Trinajstić information content (AvgIpc) is 3.75. The average molecular weight is 854 g/mol. The van der Waals surface area contributed by atoms with Crippen LogP contribution in [0.25, 0.3) is 117 Å². The summed E-state index contributed by atoms with van der Waals surface area (Å²) in [4.78, 5) is 10.5. The number of fused-ring (bicyclic) bond motifs is 3. The Hall–Kier alpha value is -8.92. The molecular formula is C64H43N3. The third kappa shape index (κ3) is 7.49. The minimum absolute atomic E-state index is 0.682. The lowest BCUT2D eigenvalue weighted by Crippen LogP contribution is -2.03. The topological polar surface area (TPSA) is 30.7 Å². The molecular weight excluding hydrogens is 811 g/mol. The van der Waals surface area contributed by atoms with E-state index in [1.165, 1.54) is 33.0 Å². The molecule has 12 aromatic rings. The molecule has 0 bridgehead atoms. The van der Waals surface area contributed by atoms with E-state index < -0.39 is 0 Å². The molecule has 10 aromatic carbocycles. The van der Waals surface area contributed by atoms with Crippen molar-refractivity contribution in [2.75, 3.05) is 0 Å². The first-order chi connectivity index (χ1) is 33.2. The van der Waals surface area contributed by atoms with Gasteiger partial charge in [0.25, 0.3) is 0 Å². The summed E-state index contributed by atoms with van der Waals surface area (Å²) in [7, 11) is 0. The molecule has 2 heterocycles. The Bertz CT molecular complexity index is 3560. The van der Waals surface area contributed by atoms with E-state index in [-0.39, 0.29) is 0 Å². The van der Waals surface area contributed by atoms with Crippen molar-refractivity contribution in [2.24, 2.45) is 0 Å². The minimum atomic E-state index is 0.682. The van der Waals surface area contributed by atoms with Crippen LogP contribution in [-0.2, 0) is 0 Å². The number of hydrogen-bond donors (Lipinski definition) is 0. The van der Waals surface area contributed by atoms with E-state index in [2.05, 4.69) is 241 Å². The standard InChI is InChI=1S/C64H43N3/c1-8-22-44(23-9-1)51-36-37-61-57(38-51)58-40-52(45-24-10-2-11-25-45)39-54(46-26-12-3-13-27-46)63(58)67(61)62-55(47-28-14-4-15-29-47)41-53(42-56(62)48-30-16-5-17-31-48)60-43-59(49-32-18-6-19-33-49)65-64(66-60)50-34-20-7-21-35-50/h1-43H. The summed E-state index contributed by atoms with van der Waals surface area (Å²) < 4.78 is 2.55. The second kappa shape index (κ2) is 17.2. The predicted octanol–water partition coefficient (Wildman–Crippen LogP) is 16.9. The maximum absolute atomic E-state index is 5.37. The van der Waals surface area contributed by atoms with E-state index in [4.69, 9.17) is 9.97 Å². The fourth-order valence-corrected chi connectivity index (χ4v) is 9.59. The first-order valence-corrected chi connectivity index (χ1v) is 22.8. The largest absolute Gasteiger partial charge is 0.307 e. The lowest BCUT2D eigenvalue weighted by Gasteiger charge is -2.22. The van der Waals surface area contributed by atoms with Gasteiger partial charge in [0.1, 0.15) is 0 Å². The van der Waals surface area contributed by atoms with Crippen molar-refractivity contribution in [1.29, 1.82) is 0 Å². The molecule has 0 N–H and O–H groups in total. The SMILES string of the molecule is c1ccc(-c2ccc3c(c2)c2cc(-c4ccccc4)cc(-c4ccccc4)c2n3-c2c(-c3ccccc3)cc(-c3cc(-c4ccccc4)nc(-c4ccccc4)n3)cc2-c2ccccc2)cc1. The third-order valence-electron chi connectivity index (χ3n) is 12.8. The molecule has 0 saturated carbocycles. The molecule has 314 valence electrons. The van der Waals surface area contributed by atoms with Crippen LogP contribution >= 0.6 is 0 Å². The summed E-state index contributed by atoms with van der Waals surface area (Å²) in [6.45, 7) is 0. The van der Waals surface area contributed by atoms with Gasteiger partial charge in [-0.1, -0.05) is 218 Å². The molecule has 0 aliphatic rings. The van der Waals surface area contributed by atoms with Gasteiger partial charge in [0.15, 0.2) is 5.82 Å². The predicted molar refractivity (Wildman–Crippen MR) is 280 cm³/mol. The highest BCUT2D eigenvalue weighted by Crippen LogP contribution is 2.48. The lowest BCUT2D eigenvalue weighted by molar-refractivity contribution is 1.17. The number of benzene rings is 10. The molecule has 2 aromatic heterocycles. The van der Waals surface area contributed by atoms with Crippen LogP contribution in [0.2, 0.25) is 0 Å². The van der Waals surface area contributed by atoms with Gasteiger partial charge in [-0.3, -0.25) is 0 Å². The normalized spacial score (nSPS) is 11.3. The molecule has 0 radical (unpaired) electrons. The first-order valence-electron chi connectivity index (χ1n) is 22.8. The molecule has 0 aliphatic heterocycles. The molecule has 0 amide bonds. The van der Waals surface area contributed by atoms with E-state index in [9.17, 15) is 0 Å². The van der Waals surface area contributed by atoms with Crippen LogP contribution in [-0.4, -0.2) is 14.5 Å². The molecule has 0 unspecified atom stereocenters. The zero-order chi connectivity index (χ0) is 44.5. The molecule has 0 saturated heterocycles. The fraction of sp³-hybridized carbons (Fsp3) is 0. The van der Waals surface area contributed by atoms with Crippen LogP contribution in [0.5, 0.6) is 0 Å². The molecule has 3 nitrogen and oxygen atoms in total. The zero-order valence-corrected chi connectivity index (χ0v) is 36.7. The minimum Gasteiger partial charge on any atom is -0.307 e. The summed E-state index contributed by atoms with van der Waals surface area (Å²) in [6, 6.07) is 93.4. The highest BCUT2D eigenvalue weighted by Gasteiger charge is 2.25. The second-order valence-corrected chi connectivity index (χ2v) is 16.9. The van der Waals surface area contributed by atoms with Gasteiger partial charge in [-0.2, -0.15) is 0 Å². The van der Waals surface area contributed by atoms with Gasteiger partial charge in [-0.25, -0.2) is 9.97 Å². The van der Waals surface area contributed by atoms with Crippen molar-refractivity contribution >= 4 is 21.8 Å². The Balaban J connectivity index is 1.23. The summed E-state index contributed by atoms with van der Waals surface area (Å²) in [6.07, 6.45) is 0. The Kier molecular flexibility index (Phi) is 10.2. The van der Waals surface area contributed by atoms with Gasteiger partial charge >= 0.3 is 0 Å². The quantitative estimate of drug-likeness (QED) is 0.145. The van der Waals surface area contributed by atoms with E-state index >= 15 is 0 Å². The van der Waals surface area contributed by atoms with Gasteiger partial charge in [0, 0.05) is 44.2 Å². The van der Waals surface area contributed by atoms with E-state index in [1.807, 2.05) is 24.3 Å². The Morgan fingerprint density at radius 1 is 0.254 bits per heavy atom. The van der Waals surface area contributed by atoms with Crippen LogP contribution in [0.15, 0.2) is 261 Å². The van der Waals surface area contributed by atoms with Gasteiger partial charge in [0.05, 0.1) is 28.1 Å². The molecule has 67 heavy (non-hydrogen) atoms. The maximum atomic E-state index is 5.37. The summed E-state index contributed by atoms with van der Waals surface area (Å²) in [5, 5.41) is 2.37. The monoisotopic (exact) mass is 853 g/mol. The van der Waals surface area contributed by atoms with Crippen molar-refractivity contribution < 1.29 is 0 Å².